The summed E-state index contributed by atoms with van der Waals surface area (Å²) in [6.45, 7) is 0. The lowest BCUT2D eigenvalue weighted by Gasteiger charge is -2.01. The van der Waals surface area contributed by atoms with Gasteiger partial charge in [-0.15, -0.1) is 0 Å². The maximum absolute atomic E-state index is 11.8. The first-order valence-corrected chi connectivity index (χ1v) is 7.51. The zero-order valence-electron chi connectivity index (χ0n) is 10.2. The molecule has 0 fully saturated rings. The average molecular weight is 445 g/mol. The third-order valence-corrected chi connectivity index (χ3v) is 3.61. The van der Waals surface area contributed by atoms with Crippen LogP contribution in [-0.4, -0.2) is 17.2 Å². The van der Waals surface area contributed by atoms with Crippen molar-refractivity contribution < 1.29 is 9.90 Å². The highest BCUT2D eigenvalue weighted by molar-refractivity contribution is 14.1. The van der Waals surface area contributed by atoms with Gasteiger partial charge in [0.15, 0.2) is 0 Å². The van der Waals surface area contributed by atoms with E-state index >= 15 is 0 Å². The number of hydrazone groups is 1. The second kappa shape index (κ2) is 6.85. The maximum Gasteiger partial charge on any atom is 0.271 e. The quantitative estimate of drug-likeness (QED) is 0.432. The Morgan fingerprint density at radius 2 is 2.10 bits per heavy atom. The molecule has 4 nitrogen and oxygen atoms in total. The fraction of sp³-hybridized carbons (Fsp3) is 0. The Morgan fingerprint density at radius 3 is 2.85 bits per heavy atom. The van der Waals surface area contributed by atoms with Gasteiger partial charge in [0, 0.05) is 19.2 Å². The van der Waals surface area contributed by atoms with Crippen molar-refractivity contribution in [1.82, 2.24) is 5.43 Å². The third kappa shape index (κ3) is 4.04. The average Bonchev–Trinajstić information content (AvgIpc) is 2.42. The van der Waals surface area contributed by atoms with E-state index < -0.39 is 0 Å². The van der Waals surface area contributed by atoms with Gasteiger partial charge in [-0.1, -0.05) is 22.0 Å². The smallest absolute Gasteiger partial charge is 0.271 e. The van der Waals surface area contributed by atoms with E-state index in [1.807, 2.05) is 6.07 Å². The van der Waals surface area contributed by atoms with Gasteiger partial charge in [-0.05, 0) is 59.0 Å². The summed E-state index contributed by atoms with van der Waals surface area (Å²) in [5, 5.41) is 13.5. The Morgan fingerprint density at radius 1 is 1.30 bits per heavy atom. The highest BCUT2D eigenvalue weighted by Gasteiger charge is 2.04. The van der Waals surface area contributed by atoms with E-state index in [4.69, 9.17) is 0 Å². The summed E-state index contributed by atoms with van der Waals surface area (Å²) >= 11 is 5.44. The molecule has 0 atom stereocenters. The number of carbonyl (C=O) groups is 1. The lowest BCUT2D eigenvalue weighted by Crippen LogP contribution is -2.17. The van der Waals surface area contributed by atoms with Gasteiger partial charge in [0.1, 0.15) is 5.75 Å². The molecular formula is C14H10BrIN2O2. The number of hydrogen-bond acceptors (Lipinski definition) is 3. The van der Waals surface area contributed by atoms with Crippen molar-refractivity contribution in [2.24, 2.45) is 5.10 Å². The second-order valence-electron chi connectivity index (χ2n) is 3.91. The molecule has 2 rings (SSSR count). The van der Waals surface area contributed by atoms with Crippen LogP contribution in [-0.2, 0) is 0 Å². The molecule has 0 saturated carbocycles. The molecular weight excluding hydrogens is 435 g/mol. The normalized spacial score (nSPS) is 10.7. The van der Waals surface area contributed by atoms with E-state index in [0.717, 1.165) is 8.04 Å². The zero-order valence-corrected chi connectivity index (χ0v) is 13.9. The summed E-state index contributed by atoms with van der Waals surface area (Å²) in [7, 11) is 0. The molecule has 0 aliphatic carbocycles. The van der Waals surface area contributed by atoms with Gasteiger partial charge in [-0.3, -0.25) is 4.79 Å². The standard InChI is InChI=1S/C14H10BrIN2O2/c15-11-3-1-2-9(6-11)14(20)18-17-8-10-7-12(16)4-5-13(10)19/h1-8,19H,(H,18,20)/b17-8+. The lowest BCUT2D eigenvalue weighted by molar-refractivity contribution is 0.0955. The van der Waals surface area contributed by atoms with Gasteiger partial charge >= 0.3 is 0 Å². The Hall–Kier alpha value is -1.41. The molecule has 0 aliphatic heterocycles. The molecule has 0 bridgehead atoms. The van der Waals surface area contributed by atoms with Gasteiger partial charge in [0.05, 0.1) is 6.21 Å². The summed E-state index contributed by atoms with van der Waals surface area (Å²) in [5.41, 5.74) is 3.47. The number of rotatable bonds is 3. The number of nitrogens with zero attached hydrogens (tertiary/aromatic N) is 1. The number of halogens is 2. The van der Waals surface area contributed by atoms with E-state index in [0.29, 0.717) is 11.1 Å². The molecule has 102 valence electrons. The van der Waals surface area contributed by atoms with Crippen LogP contribution in [0, 0.1) is 3.57 Å². The van der Waals surface area contributed by atoms with Crippen LogP contribution in [0.3, 0.4) is 0 Å². The molecule has 0 aliphatic rings. The first-order chi connectivity index (χ1) is 9.56. The van der Waals surface area contributed by atoms with E-state index in [1.165, 1.54) is 6.21 Å². The molecule has 0 spiro atoms. The molecule has 0 saturated heterocycles. The number of nitrogens with one attached hydrogen (secondary N) is 1. The number of phenolic OH excluding ortho intramolecular Hbond substituents is 1. The van der Waals surface area contributed by atoms with Crippen LogP contribution in [0.1, 0.15) is 15.9 Å². The Balaban J connectivity index is 2.06. The topological polar surface area (TPSA) is 61.7 Å². The summed E-state index contributed by atoms with van der Waals surface area (Å²) in [6.07, 6.45) is 1.41. The summed E-state index contributed by atoms with van der Waals surface area (Å²) in [4.78, 5) is 11.8. The number of phenols is 1. The van der Waals surface area contributed by atoms with Crippen LogP contribution in [0.4, 0.5) is 0 Å². The van der Waals surface area contributed by atoms with Crippen molar-refractivity contribution >= 4 is 50.6 Å². The Bertz CT molecular complexity index is 674. The molecule has 2 N–H and O–H groups in total. The van der Waals surface area contributed by atoms with Crippen LogP contribution >= 0.6 is 38.5 Å². The Kier molecular flexibility index (Phi) is 5.13. The highest BCUT2D eigenvalue weighted by Crippen LogP contribution is 2.17. The lowest BCUT2D eigenvalue weighted by atomic mass is 10.2. The van der Waals surface area contributed by atoms with Crippen molar-refractivity contribution in [2.45, 2.75) is 0 Å². The van der Waals surface area contributed by atoms with Gasteiger partial charge < -0.3 is 5.11 Å². The van der Waals surface area contributed by atoms with Gasteiger partial charge in [0.2, 0.25) is 0 Å². The summed E-state index contributed by atoms with van der Waals surface area (Å²) in [5.74, 6) is -0.196. The van der Waals surface area contributed by atoms with Gasteiger partial charge in [-0.25, -0.2) is 5.43 Å². The molecule has 6 heteroatoms. The van der Waals surface area contributed by atoms with Gasteiger partial charge in [-0.2, -0.15) is 5.10 Å². The molecule has 0 aromatic heterocycles. The predicted molar refractivity (Wildman–Crippen MR) is 90.0 cm³/mol. The predicted octanol–water partition coefficient (Wildman–Crippen LogP) is 3.52. The van der Waals surface area contributed by atoms with Crippen LogP contribution < -0.4 is 5.43 Å². The highest BCUT2D eigenvalue weighted by atomic mass is 127. The summed E-state index contributed by atoms with van der Waals surface area (Å²) < 4.78 is 1.80. The maximum atomic E-state index is 11.8. The first-order valence-electron chi connectivity index (χ1n) is 5.64. The van der Waals surface area contributed by atoms with Crippen molar-refractivity contribution in [1.29, 1.82) is 0 Å². The van der Waals surface area contributed by atoms with Crippen molar-refractivity contribution in [3.05, 3.63) is 61.6 Å². The number of amides is 1. The van der Waals surface area contributed by atoms with Crippen molar-refractivity contribution in [2.75, 3.05) is 0 Å². The van der Waals surface area contributed by atoms with E-state index in [9.17, 15) is 9.90 Å². The minimum Gasteiger partial charge on any atom is -0.507 e. The van der Waals surface area contributed by atoms with Gasteiger partial charge in [0.25, 0.3) is 5.91 Å². The van der Waals surface area contributed by atoms with Crippen LogP contribution in [0.25, 0.3) is 0 Å². The molecule has 20 heavy (non-hydrogen) atoms. The van der Waals surface area contributed by atoms with Crippen LogP contribution in [0.15, 0.2) is 52.0 Å². The number of carbonyl (C=O) groups excluding carboxylic acids is 1. The van der Waals surface area contributed by atoms with E-state index in [1.54, 1.807) is 36.4 Å². The van der Waals surface area contributed by atoms with Crippen LogP contribution in [0.2, 0.25) is 0 Å². The molecule has 1 amide bonds. The van der Waals surface area contributed by atoms with E-state index in [2.05, 4.69) is 49.0 Å². The number of benzene rings is 2. The molecule has 0 radical (unpaired) electrons. The van der Waals surface area contributed by atoms with Crippen LogP contribution in [0.5, 0.6) is 5.75 Å². The molecule has 2 aromatic rings. The molecule has 0 unspecified atom stereocenters. The molecule has 2 aromatic carbocycles. The monoisotopic (exact) mass is 444 g/mol. The number of aromatic hydroxyl groups is 1. The van der Waals surface area contributed by atoms with Crippen molar-refractivity contribution in [3.63, 3.8) is 0 Å². The number of hydrogen-bond donors (Lipinski definition) is 2. The van der Waals surface area contributed by atoms with Crippen molar-refractivity contribution in [3.8, 4) is 5.75 Å². The Labute approximate surface area is 138 Å². The SMILES string of the molecule is O=C(N/N=C/c1cc(I)ccc1O)c1cccc(Br)c1. The minimum absolute atomic E-state index is 0.117. The fourth-order valence-corrected chi connectivity index (χ4v) is 2.40. The second-order valence-corrected chi connectivity index (χ2v) is 6.07. The summed E-state index contributed by atoms with van der Waals surface area (Å²) in [6, 6.07) is 12.1. The first kappa shape index (κ1) is 15.0. The largest absolute Gasteiger partial charge is 0.507 e. The third-order valence-electron chi connectivity index (χ3n) is 2.45. The fourth-order valence-electron chi connectivity index (χ4n) is 1.48. The van der Waals surface area contributed by atoms with E-state index in [-0.39, 0.29) is 11.7 Å². The molecule has 0 heterocycles. The zero-order chi connectivity index (χ0) is 14.5. The minimum atomic E-state index is -0.312.